The van der Waals surface area contributed by atoms with E-state index in [-0.39, 0.29) is 17.3 Å². The average Bonchev–Trinajstić information content (AvgIpc) is 2.26. The Bertz CT molecular complexity index is 643. The summed E-state index contributed by atoms with van der Waals surface area (Å²) in [5.41, 5.74) is 12.2. The second-order valence-corrected chi connectivity index (χ2v) is 4.33. The molecule has 2 rings (SSSR count). The van der Waals surface area contributed by atoms with Gasteiger partial charge >= 0.3 is 0 Å². The Balaban J connectivity index is 2.74. The molecule has 4 N–H and O–H groups in total. The molecule has 0 radical (unpaired) electrons. The lowest BCUT2D eigenvalue weighted by atomic mass is 10.1. The van der Waals surface area contributed by atoms with Gasteiger partial charge in [0.25, 0.3) is 0 Å². The Morgan fingerprint density at radius 1 is 1.06 bits per heavy atom. The highest BCUT2D eigenvalue weighted by Crippen LogP contribution is 2.30. The molecule has 0 amide bonds. The monoisotopic (exact) mass is 279 g/mol. The molecule has 0 spiro atoms. The van der Waals surface area contributed by atoms with Gasteiger partial charge in [0.1, 0.15) is 17.5 Å². The fourth-order valence-corrected chi connectivity index (χ4v) is 2.03. The molecule has 0 bridgehead atoms. The van der Waals surface area contributed by atoms with Crippen LogP contribution in [-0.4, -0.2) is 9.97 Å². The maximum Gasteiger partial charge on any atom is 0.222 e. The van der Waals surface area contributed by atoms with E-state index in [4.69, 9.17) is 39.9 Å². The molecule has 0 saturated carbocycles. The number of hydrogen-bond acceptors (Lipinski definition) is 5. The first kappa shape index (κ1) is 12.4. The minimum atomic E-state index is -0.0161. The van der Waals surface area contributed by atoms with Crippen LogP contribution in [0.4, 0.5) is 11.8 Å². The van der Waals surface area contributed by atoms with Gasteiger partial charge in [-0.15, -0.1) is 0 Å². The van der Waals surface area contributed by atoms with Gasteiger partial charge in [0, 0.05) is 15.6 Å². The van der Waals surface area contributed by atoms with Crippen LogP contribution in [-0.2, 0) is 0 Å². The van der Waals surface area contributed by atoms with Gasteiger partial charge < -0.3 is 11.5 Å². The number of nitrogen functional groups attached to an aromatic ring is 2. The maximum absolute atomic E-state index is 9.07. The molecule has 1 aromatic heterocycles. The zero-order valence-electron chi connectivity index (χ0n) is 8.98. The number of aromatic nitrogens is 2. The first-order valence-corrected chi connectivity index (χ1v) is 5.56. The van der Waals surface area contributed by atoms with Gasteiger partial charge in [0.2, 0.25) is 5.95 Å². The van der Waals surface area contributed by atoms with Crippen LogP contribution in [0.1, 0.15) is 5.56 Å². The summed E-state index contributed by atoms with van der Waals surface area (Å²) < 4.78 is 0. The molecule has 0 fully saturated rings. The number of hydrogen-bond donors (Lipinski definition) is 2. The minimum absolute atomic E-state index is 0.0161. The van der Waals surface area contributed by atoms with Crippen LogP contribution in [0, 0.1) is 11.3 Å². The number of nitrogens with zero attached hydrogens (tertiary/aromatic N) is 3. The second kappa shape index (κ2) is 4.69. The standard InChI is InChI=1S/C11H7Cl2N5/c12-6-1-5(2-7(13)3-6)9-8(4-14)10(15)18-11(16)17-9/h1-3H,(H4,15,16,17,18). The highest BCUT2D eigenvalue weighted by Gasteiger charge is 2.14. The lowest BCUT2D eigenvalue weighted by Crippen LogP contribution is -2.04. The van der Waals surface area contributed by atoms with Crippen LogP contribution in [0.25, 0.3) is 11.3 Å². The topological polar surface area (TPSA) is 102 Å². The van der Waals surface area contributed by atoms with Crippen molar-refractivity contribution in [3.63, 3.8) is 0 Å². The third-order valence-corrected chi connectivity index (χ3v) is 2.64. The normalized spacial score (nSPS) is 10.1. The number of anilines is 2. The highest BCUT2D eigenvalue weighted by atomic mass is 35.5. The summed E-state index contributed by atoms with van der Waals surface area (Å²) in [6.45, 7) is 0. The van der Waals surface area contributed by atoms with Crippen molar-refractivity contribution in [1.82, 2.24) is 9.97 Å². The molecule has 90 valence electrons. The van der Waals surface area contributed by atoms with E-state index < -0.39 is 0 Å². The van der Waals surface area contributed by atoms with E-state index in [1.165, 1.54) is 0 Å². The molecule has 5 nitrogen and oxygen atoms in total. The Morgan fingerprint density at radius 2 is 1.67 bits per heavy atom. The van der Waals surface area contributed by atoms with Crippen molar-refractivity contribution in [2.45, 2.75) is 0 Å². The van der Waals surface area contributed by atoms with E-state index in [0.29, 0.717) is 21.3 Å². The Kier molecular flexibility index (Phi) is 3.24. The van der Waals surface area contributed by atoms with Crippen molar-refractivity contribution in [3.8, 4) is 17.3 Å². The summed E-state index contributed by atoms with van der Waals surface area (Å²) in [4.78, 5) is 7.74. The third-order valence-electron chi connectivity index (χ3n) is 2.20. The summed E-state index contributed by atoms with van der Waals surface area (Å²) in [6.07, 6.45) is 0. The molecule has 2 aromatic rings. The molecule has 0 aliphatic carbocycles. The zero-order valence-corrected chi connectivity index (χ0v) is 10.5. The van der Waals surface area contributed by atoms with Gasteiger partial charge in [0.15, 0.2) is 0 Å². The lowest BCUT2D eigenvalue weighted by molar-refractivity contribution is 1.18. The van der Waals surface area contributed by atoms with Crippen molar-refractivity contribution >= 4 is 35.0 Å². The molecule has 1 heterocycles. The van der Waals surface area contributed by atoms with Gasteiger partial charge in [-0.2, -0.15) is 10.2 Å². The van der Waals surface area contributed by atoms with E-state index in [1.807, 2.05) is 6.07 Å². The maximum atomic E-state index is 9.07. The fraction of sp³-hybridized carbons (Fsp3) is 0. The van der Waals surface area contributed by atoms with Crippen LogP contribution in [0.5, 0.6) is 0 Å². The van der Waals surface area contributed by atoms with Crippen molar-refractivity contribution in [2.24, 2.45) is 0 Å². The molecule has 0 saturated heterocycles. The molecular formula is C11H7Cl2N5. The first-order chi connectivity index (χ1) is 8.51. The second-order valence-electron chi connectivity index (χ2n) is 3.46. The summed E-state index contributed by atoms with van der Waals surface area (Å²) >= 11 is 11.8. The van der Waals surface area contributed by atoms with Gasteiger partial charge in [0.05, 0.1) is 5.69 Å². The minimum Gasteiger partial charge on any atom is -0.382 e. The summed E-state index contributed by atoms with van der Waals surface area (Å²) in [6, 6.07) is 6.75. The van der Waals surface area contributed by atoms with Crippen molar-refractivity contribution in [2.75, 3.05) is 11.5 Å². The van der Waals surface area contributed by atoms with E-state index in [0.717, 1.165) is 0 Å². The predicted molar refractivity (Wildman–Crippen MR) is 71.0 cm³/mol. The SMILES string of the molecule is N#Cc1c(N)nc(N)nc1-c1cc(Cl)cc(Cl)c1. The molecule has 0 aliphatic heterocycles. The number of halogens is 2. The van der Waals surface area contributed by atoms with Gasteiger partial charge in [-0.3, -0.25) is 0 Å². The third kappa shape index (κ3) is 2.30. The molecule has 0 unspecified atom stereocenters. The highest BCUT2D eigenvalue weighted by molar-refractivity contribution is 6.35. The van der Waals surface area contributed by atoms with E-state index in [1.54, 1.807) is 18.2 Å². The van der Waals surface area contributed by atoms with Gasteiger partial charge in [-0.05, 0) is 18.2 Å². The molecule has 0 aliphatic rings. The Labute approximate surface area is 113 Å². The van der Waals surface area contributed by atoms with Crippen molar-refractivity contribution in [1.29, 1.82) is 5.26 Å². The molecule has 7 heteroatoms. The lowest BCUT2D eigenvalue weighted by Gasteiger charge is -2.07. The first-order valence-electron chi connectivity index (χ1n) is 4.81. The van der Waals surface area contributed by atoms with Gasteiger partial charge in [-0.25, -0.2) is 4.98 Å². The number of nitrogens with two attached hydrogens (primary N) is 2. The molecular weight excluding hydrogens is 273 g/mol. The van der Waals surface area contributed by atoms with Crippen LogP contribution < -0.4 is 11.5 Å². The van der Waals surface area contributed by atoms with E-state index in [2.05, 4.69) is 9.97 Å². The summed E-state index contributed by atoms with van der Waals surface area (Å²) in [7, 11) is 0. The summed E-state index contributed by atoms with van der Waals surface area (Å²) in [5.74, 6) is 0.00805. The van der Waals surface area contributed by atoms with E-state index >= 15 is 0 Å². The van der Waals surface area contributed by atoms with Crippen molar-refractivity contribution < 1.29 is 0 Å². The Morgan fingerprint density at radius 3 is 2.22 bits per heavy atom. The van der Waals surface area contributed by atoms with Crippen LogP contribution >= 0.6 is 23.2 Å². The van der Waals surface area contributed by atoms with E-state index in [9.17, 15) is 0 Å². The smallest absolute Gasteiger partial charge is 0.222 e. The Hall–Kier alpha value is -2.03. The molecule has 18 heavy (non-hydrogen) atoms. The number of benzene rings is 1. The van der Waals surface area contributed by atoms with Crippen LogP contribution in [0.3, 0.4) is 0 Å². The average molecular weight is 280 g/mol. The van der Waals surface area contributed by atoms with Crippen LogP contribution in [0.2, 0.25) is 10.0 Å². The van der Waals surface area contributed by atoms with Crippen molar-refractivity contribution in [3.05, 3.63) is 33.8 Å². The molecule has 1 aromatic carbocycles. The number of nitriles is 1. The predicted octanol–water partition coefficient (Wildman–Crippen LogP) is 2.49. The number of rotatable bonds is 1. The molecule has 0 atom stereocenters. The largest absolute Gasteiger partial charge is 0.382 e. The zero-order chi connectivity index (χ0) is 13.3. The van der Waals surface area contributed by atoms with Crippen LogP contribution in [0.15, 0.2) is 18.2 Å². The summed E-state index contributed by atoms with van der Waals surface area (Å²) in [5, 5.41) is 9.93. The van der Waals surface area contributed by atoms with Gasteiger partial charge in [-0.1, -0.05) is 23.2 Å². The fourth-order valence-electron chi connectivity index (χ4n) is 1.51. The quantitative estimate of drug-likeness (QED) is 0.835.